The van der Waals surface area contributed by atoms with Crippen molar-refractivity contribution in [1.29, 1.82) is 0 Å². The van der Waals surface area contributed by atoms with Crippen LogP contribution in [0.1, 0.15) is 0 Å². The van der Waals surface area contributed by atoms with Gasteiger partial charge in [0.1, 0.15) is 11.3 Å². The Morgan fingerprint density at radius 1 is 1.10 bits per heavy atom. The van der Waals surface area contributed by atoms with Gasteiger partial charge in [-0.2, -0.15) is 4.98 Å². The second kappa shape index (κ2) is 5.52. The zero-order valence-corrected chi connectivity index (χ0v) is 13.0. The van der Waals surface area contributed by atoms with E-state index in [0.29, 0.717) is 16.5 Å². The Balaban J connectivity index is 2.14. The Hall–Kier alpha value is -1.43. The van der Waals surface area contributed by atoms with Gasteiger partial charge in [-0.3, -0.25) is 0 Å². The number of halogens is 3. The molecule has 100 valence electrons. The lowest BCUT2D eigenvalue weighted by Crippen LogP contribution is -1.98. The highest BCUT2D eigenvalue weighted by Gasteiger charge is 2.10. The molecule has 20 heavy (non-hydrogen) atoms. The number of benzene rings is 1. The summed E-state index contributed by atoms with van der Waals surface area (Å²) in [6, 6.07) is 9.51. The van der Waals surface area contributed by atoms with Crippen LogP contribution in [-0.4, -0.2) is 15.0 Å². The van der Waals surface area contributed by atoms with Crippen LogP contribution in [0.25, 0.3) is 10.9 Å². The van der Waals surface area contributed by atoms with Gasteiger partial charge in [0.15, 0.2) is 5.15 Å². The number of aromatic nitrogens is 3. The summed E-state index contributed by atoms with van der Waals surface area (Å²) in [6.45, 7) is 0. The first kappa shape index (κ1) is 13.5. The van der Waals surface area contributed by atoms with Gasteiger partial charge in [-0.1, -0.05) is 33.6 Å². The number of nitrogens with one attached hydrogen (secondary N) is 1. The molecule has 0 fully saturated rings. The molecule has 2 aromatic heterocycles. The van der Waals surface area contributed by atoms with Gasteiger partial charge in [0.25, 0.3) is 0 Å². The first-order valence-electron chi connectivity index (χ1n) is 5.64. The molecule has 3 rings (SSSR count). The van der Waals surface area contributed by atoms with E-state index in [1.165, 1.54) is 0 Å². The molecule has 0 bridgehead atoms. The van der Waals surface area contributed by atoms with Crippen molar-refractivity contribution in [2.45, 2.75) is 0 Å². The maximum Gasteiger partial charge on any atom is 0.225 e. The number of pyridine rings is 1. The van der Waals surface area contributed by atoms with E-state index in [1.807, 2.05) is 24.3 Å². The smallest absolute Gasteiger partial charge is 0.225 e. The van der Waals surface area contributed by atoms with Crippen LogP contribution in [0.3, 0.4) is 0 Å². The van der Waals surface area contributed by atoms with E-state index < -0.39 is 0 Å². The van der Waals surface area contributed by atoms with E-state index in [9.17, 15) is 0 Å². The summed E-state index contributed by atoms with van der Waals surface area (Å²) in [4.78, 5) is 12.3. The Labute approximate surface area is 133 Å². The summed E-state index contributed by atoms with van der Waals surface area (Å²) in [7, 11) is 0. The molecular weight excluding hydrogens is 363 g/mol. The highest BCUT2D eigenvalue weighted by atomic mass is 79.9. The fourth-order valence-corrected chi connectivity index (χ4v) is 2.56. The molecule has 1 aromatic carbocycles. The summed E-state index contributed by atoms with van der Waals surface area (Å²) >= 11 is 15.4. The minimum Gasteiger partial charge on any atom is -0.340 e. The molecule has 2 heterocycles. The summed E-state index contributed by atoms with van der Waals surface area (Å²) in [5.74, 6) is 0.586. The van der Waals surface area contributed by atoms with Crippen molar-refractivity contribution in [2.75, 3.05) is 5.32 Å². The SMILES string of the molecule is Clc1nc(Nc2cccc(Br)c2)c2ccnc(Cl)c2n1. The van der Waals surface area contributed by atoms with Crippen molar-refractivity contribution in [3.63, 3.8) is 0 Å². The fourth-order valence-electron chi connectivity index (χ4n) is 1.79. The van der Waals surface area contributed by atoms with Crippen LogP contribution in [0.5, 0.6) is 0 Å². The Morgan fingerprint density at radius 3 is 2.75 bits per heavy atom. The first-order valence-corrected chi connectivity index (χ1v) is 7.19. The van der Waals surface area contributed by atoms with E-state index in [1.54, 1.807) is 12.3 Å². The normalized spacial score (nSPS) is 10.8. The summed E-state index contributed by atoms with van der Waals surface area (Å²) < 4.78 is 0.964. The Bertz CT molecular complexity index is 794. The highest BCUT2D eigenvalue weighted by molar-refractivity contribution is 9.10. The molecule has 0 saturated heterocycles. The largest absolute Gasteiger partial charge is 0.340 e. The van der Waals surface area contributed by atoms with E-state index in [-0.39, 0.29) is 5.28 Å². The highest BCUT2D eigenvalue weighted by Crippen LogP contribution is 2.28. The maximum absolute atomic E-state index is 6.03. The maximum atomic E-state index is 6.03. The Morgan fingerprint density at radius 2 is 1.95 bits per heavy atom. The molecule has 0 saturated carbocycles. The van der Waals surface area contributed by atoms with Crippen LogP contribution < -0.4 is 5.32 Å². The van der Waals surface area contributed by atoms with Crippen LogP contribution in [0, 0.1) is 0 Å². The standard InChI is InChI=1S/C13H7BrCl2N4/c14-7-2-1-3-8(6-7)18-12-9-4-5-17-11(15)10(9)19-13(16)20-12/h1-6H,(H,18,19,20). The van der Waals surface area contributed by atoms with Crippen LogP contribution in [0.2, 0.25) is 10.4 Å². The zero-order chi connectivity index (χ0) is 14.1. The molecular formula is C13H7BrCl2N4. The lowest BCUT2D eigenvalue weighted by Gasteiger charge is -2.09. The van der Waals surface area contributed by atoms with Gasteiger partial charge in [0, 0.05) is 21.7 Å². The van der Waals surface area contributed by atoms with Crippen LogP contribution >= 0.6 is 39.1 Å². The van der Waals surface area contributed by atoms with Crippen LogP contribution in [0.4, 0.5) is 11.5 Å². The molecule has 0 unspecified atom stereocenters. The number of anilines is 2. The van der Waals surface area contributed by atoms with Gasteiger partial charge >= 0.3 is 0 Å². The summed E-state index contributed by atoms with van der Waals surface area (Å²) in [6.07, 6.45) is 1.61. The molecule has 0 aliphatic rings. The molecule has 0 aliphatic carbocycles. The number of hydrogen-bond acceptors (Lipinski definition) is 4. The molecule has 7 heteroatoms. The van der Waals surface area contributed by atoms with Gasteiger partial charge in [0.05, 0.1) is 0 Å². The quantitative estimate of drug-likeness (QED) is 0.518. The van der Waals surface area contributed by atoms with E-state index in [2.05, 4.69) is 36.2 Å². The van der Waals surface area contributed by atoms with E-state index in [0.717, 1.165) is 15.5 Å². The van der Waals surface area contributed by atoms with Gasteiger partial charge in [-0.25, -0.2) is 9.97 Å². The minimum atomic E-state index is 0.116. The molecule has 0 aliphatic heterocycles. The van der Waals surface area contributed by atoms with Crippen LogP contribution in [-0.2, 0) is 0 Å². The molecule has 3 aromatic rings. The number of nitrogens with zero attached hydrogens (tertiary/aromatic N) is 3. The van der Waals surface area contributed by atoms with Gasteiger partial charge in [-0.15, -0.1) is 0 Å². The fraction of sp³-hybridized carbons (Fsp3) is 0. The van der Waals surface area contributed by atoms with E-state index in [4.69, 9.17) is 23.2 Å². The van der Waals surface area contributed by atoms with Crippen molar-refractivity contribution in [2.24, 2.45) is 0 Å². The third kappa shape index (κ3) is 2.70. The van der Waals surface area contributed by atoms with Gasteiger partial charge < -0.3 is 5.32 Å². The molecule has 0 atom stereocenters. The molecule has 0 spiro atoms. The molecule has 0 amide bonds. The summed E-state index contributed by atoms with van der Waals surface area (Å²) in [5, 5.41) is 4.37. The van der Waals surface area contributed by atoms with Crippen molar-refractivity contribution in [3.05, 3.63) is 51.4 Å². The third-order valence-electron chi connectivity index (χ3n) is 2.63. The second-order valence-corrected chi connectivity index (χ2v) is 5.59. The zero-order valence-electron chi connectivity index (χ0n) is 9.94. The van der Waals surface area contributed by atoms with Gasteiger partial charge in [-0.05, 0) is 35.9 Å². The topological polar surface area (TPSA) is 50.7 Å². The number of rotatable bonds is 2. The minimum absolute atomic E-state index is 0.116. The van der Waals surface area contributed by atoms with Crippen molar-refractivity contribution in [3.8, 4) is 0 Å². The van der Waals surface area contributed by atoms with Gasteiger partial charge in [0.2, 0.25) is 5.28 Å². The lowest BCUT2D eigenvalue weighted by molar-refractivity contribution is 1.20. The monoisotopic (exact) mass is 368 g/mol. The van der Waals surface area contributed by atoms with Crippen molar-refractivity contribution >= 4 is 61.5 Å². The number of hydrogen-bond donors (Lipinski definition) is 1. The molecule has 1 N–H and O–H groups in total. The van der Waals surface area contributed by atoms with E-state index >= 15 is 0 Å². The molecule has 4 nitrogen and oxygen atoms in total. The van der Waals surface area contributed by atoms with Crippen molar-refractivity contribution < 1.29 is 0 Å². The first-order chi connectivity index (χ1) is 9.63. The van der Waals surface area contributed by atoms with Crippen molar-refractivity contribution in [1.82, 2.24) is 15.0 Å². The second-order valence-electron chi connectivity index (χ2n) is 3.97. The van der Waals surface area contributed by atoms with Crippen LogP contribution in [0.15, 0.2) is 41.0 Å². The third-order valence-corrected chi connectivity index (χ3v) is 3.57. The predicted molar refractivity (Wildman–Crippen MR) is 84.8 cm³/mol. The Kier molecular flexibility index (Phi) is 3.74. The lowest BCUT2D eigenvalue weighted by atomic mass is 10.2. The predicted octanol–water partition coefficient (Wildman–Crippen LogP) is 4.84. The number of fused-ring (bicyclic) bond motifs is 1. The average Bonchev–Trinajstić information content (AvgIpc) is 2.40. The average molecular weight is 370 g/mol. The summed E-state index contributed by atoms with van der Waals surface area (Å²) in [5.41, 5.74) is 1.40. The molecule has 0 radical (unpaired) electrons.